The number of likely N-dealkylation sites (N-methyl/N-ethyl adjacent to an activating group) is 1. The fourth-order valence-electron chi connectivity index (χ4n) is 1.10. The van der Waals surface area contributed by atoms with Crippen LogP contribution in [0.3, 0.4) is 0 Å². The molecule has 1 aromatic rings. The van der Waals surface area contributed by atoms with Crippen molar-refractivity contribution in [3.63, 3.8) is 0 Å². The number of carbonyl (C=O) groups is 3. The maximum absolute atomic E-state index is 11.6. The minimum atomic E-state index is -0.450. The summed E-state index contributed by atoms with van der Waals surface area (Å²) in [7, 11) is 0. The van der Waals surface area contributed by atoms with Crippen molar-refractivity contribution in [2.45, 2.75) is 13.8 Å². The molecule has 0 saturated heterocycles. The van der Waals surface area contributed by atoms with Crippen molar-refractivity contribution < 1.29 is 14.4 Å². The number of hydrogen-bond acceptors (Lipinski definition) is 5. The molecular formula is C10H14N4O3S. The number of rotatable bonds is 5. The van der Waals surface area contributed by atoms with E-state index in [0.717, 1.165) is 11.3 Å². The van der Waals surface area contributed by atoms with E-state index >= 15 is 0 Å². The number of anilines is 1. The van der Waals surface area contributed by atoms with Crippen LogP contribution < -0.4 is 16.0 Å². The summed E-state index contributed by atoms with van der Waals surface area (Å²) in [5.74, 6) is -0.962. The molecule has 0 unspecified atom stereocenters. The van der Waals surface area contributed by atoms with E-state index in [4.69, 9.17) is 0 Å². The van der Waals surface area contributed by atoms with Gasteiger partial charge in [0.2, 0.25) is 11.8 Å². The van der Waals surface area contributed by atoms with E-state index in [-0.39, 0.29) is 24.1 Å². The fraction of sp³-hybridized carbons (Fsp3) is 0.400. The number of aromatic nitrogens is 1. The van der Waals surface area contributed by atoms with E-state index in [1.807, 2.05) is 0 Å². The van der Waals surface area contributed by atoms with Crippen molar-refractivity contribution in [3.05, 3.63) is 11.1 Å². The molecule has 0 saturated carbocycles. The van der Waals surface area contributed by atoms with Gasteiger partial charge in [-0.1, -0.05) is 0 Å². The first-order valence-electron chi connectivity index (χ1n) is 5.31. The Labute approximate surface area is 108 Å². The van der Waals surface area contributed by atoms with Gasteiger partial charge in [-0.15, -0.1) is 11.3 Å². The number of amides is 3. The molecule has 1 aromatic heterocycles. The summed E-state index contributed by atoms with van der Waals surface area (Å²) in [5, 5.41) is 9.32. The van der Waals surface area contributed by atoms with E-state index in [0.29, 0.717) is 11.7 Å². The highest BCUT2D eigenvalue weighted by Gasteiger charge is 2.12. The lowest BCUT2D eigenvalue weighted by Crippen LogP contribution is -2.36. The standard InChI is InChI=1S/C10H14N4O3S/c1-3-11-8(16)4-12-9(17)7-5-18-10(14-7)13-6(2)15/h5H,3-4H2,1-2H3,(H,11,16)(H,12,17)(H,13,14,15). The quantitative estimate of drug-likeness (QED) is 0.699. The highest BCUT2D eigenvalue weighted by atomic mass is 32.1. The van der Waals surface area contributed by atoms with E-state index in [1.54, 1.807) is 6.92 Å². The second-order valence-corrected chi connectivity index (χ2v) is 4.21. The molecule has 0 aliphatic carbocycles. The summed E-state index contributed by atoms with van der Waals surface area (Å²) in [6.45, 7) is 3.56. The van der Waals surface area contributed by atoms with Crippen molar-refractivity contribution >= 4 is 34.2 Å². The van der Waals surface area contributed by atoms with Crippen LogP contribution in [-0.2, 0) is 9.59 Å². The van der Waals surface area contributed by atoms with Crippen LogP contribution in [0.15, 0.2) is 5.38 Å². The first-order valence-corrected chi connectivity index (χ1v) is 6.19. The Morgan fingerprint density at radius 3 is 2.67 bits per heavy atom. The molecular weight excluding hydrogens is 256 g/mol. The molecule has 7 nitrogen and oxygen atoms in total. The number of hydrogen-bond donors (Lipinski definition) is 3. The lowest BCUT2D eigenvalue weighted by atomic mass is 10.4. The van der Waals surface area contributed by atoms with Crippen molar-refractivity contribution in [3.8, 4) is 0 Å². The predicted octanol–water partition coefficient (Wildman–Crippen LogP) is -0.0326. The number of thiazole rings is 1. The molecule has 3 amide bonds. The monoisotopic (exact) mass is 270 g/mol. The van der Waals surface area contributed by atoms with Crippen molar-refractivity contribution in [2.24, 2.45) is 0 Å². The third kappa shape index (κ3) is 4.50. The van der Waals surface area contributed by atoms with Crippen LogP contribution in [0.5, 0.6) is 0 Å². The van der Waals surface area contributed by atoms with Gasteiger partial charge < -0.3 is 16.0 Å². The number of nitrogens with zero attached hydrogens (tertiary/aromatic N) is 1. The third-order valence-electron chi connectivity index (χ3n) is 1.80. The molecule has 0 atom stereocenters. The molecule has 8 heteroatoms. The maximum atomic E-state index is 11.6. The highest BCUT2D eigenvalue weighted by molar-refractivity contribution is 7.14. The van der Waals surface area contributed by atoms with Gasteiger partial charge in [0.15, 0.2) is 5.13 Å². The van der Waals surface area contributed by atoms with Gasteiger partial charge in [-0.25, -0.2) is 4.98 Å². The van der Waals surface area contributed by atoms with E-state index in [9.17, 15) is 14.4 Å². The Hall–Kier alpha value is -1.96. The van der Waals surface area contributed by atoms with Gasteiger partial charge in [-0.05, 0) is 6.92 Å². The molecule has 0 aromatic carbocycles. The second kappa shape index (κ2) is 6.70. The summed E-state index contributed by atoms with van der Waals surface area (Å²) in [5.41, 5.74) is 0.174. The van der Waals surface area contributed by atoms with Gasteiger partial charge in [0.25, 0.3) is 5.91 Å². The summed E-state index contributed by atoms with van der Waals surface area (Å²) >= 11 is 1.15. The lowest BCUT2D eigenvalue weighted by Gasteiger charge is -2.03. The maximum Gasteiger partial charge on any atom is 0.271 e. The van der Waals surface area contributed by atoms with Crippen LogP contribution in [-0.4, -0.2) is 35.8 Å². The predicted molar refractivity (Wildman–Crippen MR) is 67.4 cm³/mol. The normalized spacial score (nSPS) is 9.67. The van der Waals surface area contributed by atoms with Crippen LogP contribution >= 0.6 is 11.3 Å². The average Bonchev–Trinajstić information content (AvgIpc) is 2.74. The molecule has 3 N–H and O–H groups in total. The zero-order chi connectivity index (χ0) is 13.5. The van der Waals surface area contributed by atoms with Gasteiger partial charge >= 0.3 is 0 Å². The van der Waals surface area contributed by atoms with Gasteiger partial charge in [0.1, 0.15) is 5.69 Å². The largest absolute Gasteiger partial charge is 0.355 e. The Balaban J connectivity index is 2.49. The molecule has 98 valence electrons. The van der Waals surface area contributed by atoms with Crippen LogP contribution in [0.25, 0.3) is 0 Å². The first-order chi connectivity index (χ1) is 8.52. The van der Waals surface area contributed by atoms with E-state index in [2.05, 4.69) is 20.9 Å². The van der Waals surface area contributed by atoms with E-state index < -0.39 is 5.91 Å². The summed E-state index contributed by atoms with van der Waals surface area (Å²) in [6, 6.07) is 0. The lowest BCUT2D eigenvalue weighted by molar-refractivity contribution is -0.120. The average molecular weight is 270 g/mol. The molecule has 18 heavy (non-hydrogen) atoms. The van der Waals surface area contributed by atoms with Crippen molar-refractivity contribution in [1.29, 1.82) is 0 Å². The zero-order valence-electron chi connectivity index (χ0n) is 10.1. The minimum Gasteiger partial charge on any atom is -0.355 e. The molecule has 0 aliphatic heterocycles. The smallest absolute Gasteiger partial charge is 0.271 e. The van der Waals surface area contributed by atoms with Crippen LogP contribution in [0.1, 0.15) is 24.3 Å². The third-order valence-corrected chi connectivity index (χ3v) is 2.56. The van der Waals surface area contributed by atoms with Crippen molar-refractivity contribution in [1.82, 2.24) is 15.6 Å². The Morgan fingerprint density at radius 1 is 1.33 bits per heavy atom. The first kappa shape index (κ1) is 14.1. The Bertz CT molecular complexity index is 458. The Morgan fingerprint density at radius 2 is 2.06 bits per heavy atom. The molecule has 1 heterocycles. The van der Waals surface area contributed by atoms with Crippen LogP contribution in [0, 0.1) is 0 Å². The SMILES string of the molecule is CCNC(=O)CNC(=O)c1csc(NC(C)=O)n1. The summed E-state index contributed by atoms with van der Waals surface area (Å²) in [4.78, 5) is 37.4. The van der Waals surface area contributed by atoms with Gasteiger partial charge in [-0.3, -0.25) is 14.4 Å². The number of nitrogens with one attached hydrogen (secondary N) is 3. The van der Waals surface area contributed by atoms with E-state index in [1.165, 1.54) is 12.3 Å². The number of carbonyl (C=O) groups excluding carboxylic acids is 3. The van der Waals surface area contributed by atoms with Gasteiger partial charge in [0.05, 0.1) is 6.54 Å². The van der Waals surface area contributed by atoms with Crippen LogP contribution in [0.2, 0.25) is 0 Å². The second-order valence-electron chi connectivity index (χ2n) is 3.36. The molecule has 0 spiro atoms. The van der Waals surface area contributed by atoms with Gasteiger partial charge in [0, 0.05) is 18.8 Å². The van der Waals surface area contributed by atoms with Crippen LogP contribution in [0.4, 0.5) is 5.13 Å². The highest BCUT2D eigenvalue weighted by Crippen LogP contribution is 2.14. The molecule has 0 radical (unpaired) electrons. The molecule has 0 aliphatic rings. The van der Waals surface area contributed by atoms with Gasteiger partial charge in [-0.2, -0.15) is 0 Å². The zero-order valence-corrected chi connectivity index (χ0v) is 10.9. The topological polar surface area (TPSA) is 100 Å². The van der Waals surface area contributed by atoms with Crippen molar-refractivity contribution in [2.75, 3.05) is 18.4 Å². The minimum absolute atomic E-state index is 0.0975. The summed E-state index contributed by atoms with van der Waals surface area (Å²) < 4.78 is 0. The Kier molecular flexibility index (Phi) is 5.25. The molecule has 0 fully saturated rings. The molecule has 0 bridgehead atoms. The fourth-order valence-corrected chi connectivity index (χ4v) is 1.83. The molecule has 1 rings (SSSR count). The summed E-state index contributed by atoms with van der Waals surface area (Å²) in [6.07, 6.45) is 0.